The van der Waals surface area contributed by atoms with Crippen LogP contribution in [-0.2, 0) is 0 Å². The maximum atomic E-state index is 5.78. The molecule has 1 aliphatic rings. The summed E-state index contributed by atoms with van der Waals surface area (Å²) in [5, 5.41) is 0.165. The van der Waals surface area contributed by atoms with E-state index in [1.807, 2.05) is 0 Å². The summed E-state index contributed by atoms with van der Waals surface area (Å²) in [6, 6.07) is 0. The van der Waals surface area contributed by atoms with Crippen molar-refractivity contribution < 1.29 is 0 Å². The molecule has 0 aliphatic carbocycles. The average molecular weight is 256 g/mol. The third-order valence-corrected chi connectivity index (χ3v) is 3.55. The summed E-state index contributed by atoms with van der Waals surface area (Å²) in [5.41, 5.74) is 5.57. The Bertz CT molecular complexity index is 367. The number of nitrogens with two attached hydrogens (primary N) is 1. The Balaban J connectivity index is 2.05. The van der Waals surface area contributed by atoms with Gasteiger partial charge >= 0.3 is 0 Å². The summed E-state index contributed by atoms with van der Waals surface area (Å²) in [6.07, 6.45) is 2.34. The molecule has 0 saturated carbocycles. The molecule has 0 atom stereocenters. The van der Waals surface area contributed by atoms with Crippen molar-refractivity contribution in [3.8, 4) is 0 Å². The quantitative estimate of drug-likeness (QED) is 0.875. The van der Waals surface area contributed by atoms with Gasteiger partial charge in [0, 0.05) is 13.1 Å². The van der Waals surface area contributed by atoms with E-state index in [2.05, 4.69) is 33.7 Å². The molecule has 94 valence electrons. The minimum Gasteiger partial charge on any atom is -0.368 e. The van der Waals surface area contributed by atoms with Gasteiger partial charge in [-0.15, -0.1) is 0 Å². The number of nitrogen functional groups attached to an aromatic ring is 1. The third kappa shape index (κ3) is 2.97. The molecule has 1 aromatic heterocycles. The van der Waals surface area contributed by atoms with Crippen molar-refractivity contribution in [3.63, 3.8) is 0 Å². The van der Waals surface area contributed by atoms with E-state index in [0.717, 1.165) is 24.9 Å². The van der Waals surface area contributed by atoms with Crippen molar-refractivity contribution in [3.05, 3.63) is 5.28 Å². The van der Waals surface area contributed by atoms with Crippen LogP contribution in [0.1, 0.15) is 26.7 Å². The number of rotatable bonds is 2. The molecule has 0 spiro atoms. The van der Waals surface area contributed by atoms with Gasteiger partial charge in [0.15, 0.2) is 0 Å². The fourth-order valence-electron chi connectivity index (χ4n) is 2.26. The van der Waals surface area contributed by atoms with Crippen molar-refractivity contribution >= 4 is 23.5 Å². The van der Waals surface area contributed by atoms with E-state index in [1.54, 1.807) is 0 Å². The molecule has 1 saturated heterocycles. The predicted molar refractivity (Wildman–Crippen MR) is 69.0 cm³/mol. The number of halogens is 1. The van der Waals surface area contributed by atoms with Gasteiger partial charge in [-0.05, 0) is 36.3 Å². The molecule has 2 N–H and O–H groups in total. The number of nitrogens with zero attached hydrogens (tertiary/aromatic N) is 4. The molecule has 0 unspecified atom stereocenters. The Hall–Kier alpha value is -1.10. The van der Waals surface area contributed by atoms with E-state index in [-0.39, 0.29) is 11.2 Å². The zero-order valence-corrected chi connectivity index (χ0v) is 11.0. The second-order valence-electron chi connectivity index (χ2n) is 4.83. The molecular weight excluding hydrogens is 238 g/mol. The van der Waals surface area contributed by atoms with Crippen molar-refractivity contribution in [2.45, 2.75) is 26.7 Å². The number of aromatic nitrogens is 3. The lowest BCUT2D eigenvalue weighted by atomic mass is 9.87. The van der Waals surface area contributed by atoms with Crippen LogP contribution in [-0.4, -0.2) is 28.0 Å². The Labute approximate surface area is 106 Å². The maximum Gasteiger partial charge on any atom is 0.231 e. The number of hydrogen-bond donors (Lipinski definition) is 1. The first-order chi connectivity index (χ1) is 8.06. The van der Waals surface area contributed by atoms with Crippen LogP contribution in [0.4, 0.5) is 11.9 Å². The maximum absolute atomic E-state index is 5.78. The van der Waals surface area contributed by atoms with Crippen molar-refractivity contribution in [2.24, 2.45) is 11.8 Å². The standard InChI is InChI=1S/C11H18ClN5/c1-7(2)8-3-5-17(6-4-8)11-15-9(12)14-10(13)16-11/h7-8H,3-6H2,1-2H3,(H2,13,14,15,16). The summed E-state index contributed by atoms with van der Waals surface area (Å²) in [6.45, 7) is 6.47. The lowest BCUT2D eigenvalue weighted by molar-refractivity contribution is 0.310. The SMILES string of the molecule is CC(C)C1CCN(c2nc(N)nc(Cl)n2)CC1. The lowest BCUT2D eigenvalue weighted by Gasteiger charge is -2.33. The van der Waals surface area contributed by atoms with Gasteiger partial charge < -0.3 is 10.6 Å². The van der Waals surface area contributed by atoms with Crippen LogP contribution in [0.3, 0.4) is 0 Å². The summed E-state index contributed by atoms with van der Waals surface area (Å²) in [5.74, 6) is 2.32. The van der Waals surface area contributed by atoms with Gasteiger partial charge in [-0.25, -0.2) is 0 Å². The first-order valence-electron chi connectivity index (χ1n) is 5.98. The highest BCUT2D eigenvalue weighted by Crippen LogP contribution is 2.26. The van der Waals surface area contributed by atoms with Crippen molar-refractivity contribution in [1.29, 1.82) is 0 Å². The molecule has 5 nitrogen and oxygen atoms in total. The monoisotopic (exact) mass is 255 g/mol. The Morgan fingerprint density at radius 1 is 1.24 bits per heavy atom. The van der Waals surface area contributed by atoms with Gasteiger partial charge in [0.25, 0.3) is 0 Å². The Morgan fingerprint density at radius 2 is 1.88 bits per heavy atom. The summed E-state index contributed by atoms with van der Waals surface area (Å²) < 4.78 is 0. The molecule has 0 radical (unpaired) electrons. The number of anilines is 2. The van der Waals surface area contributed by atoms with Gasteiger partial charge in [-0.2, -0.15) is 15.0 Å². The van der Waals surface area contributed by atoms with Gasteiger partial charge in [0.05, 0.1) is 0 Å². The smallest absolute Gasteiger partial charge is 0.231 e. The largest absolute Gasteiger partial charge is 0.368 e. The van der Waals surface area contributed by atoms with E-state index in [4.69, 9.17) is 17.3 Å². The average Bonchev–Trinajstić information content (AvgIpc) is 2.28. The second kappa shape index (κ2) is 5.04. The van der Waals surface area contributed by atoms with Crippen LogP contribution < -0.4 is 10.6 Å². The van der Waals surface area contributed by atoms with Crippen LogP contribution >= 0.6 is 11.6 Å². The molecule has 1 fully saturated rings. The van der Waals surface area contributed by atoms with Gasteiger partial charge in [-0.3, -0.25) is 0 Å². The van der Waals surface area contributed by atoms with Crippen LogP contribution in [0.15, 0.2) is 0 Å². The first kappa shape index (κ1) is 12.4. The van der Waals surface area contributed by atoms with Crippen LogP contribution in [0.25, 0.3) is 0 Å². The van der Waals surface area contributed by atoms with Crippen LogP contribution in [0.2, 0.25) is 5.28 Å². The molecular formula is C11H18ClN5. The molecule has 0 amide bonds. The molecule has 0 aromatic carbocycles. The predicted octanol–water partition coefficient (Wildman–Crippen LogP) is 1.98. The normalized spacial score (nSPS) is 17.8. The summed E-state index contributed by atoms with van der Waals surface area (Å²) in [7, 11) is 0. The van der Waals surface area contributed by atoms with Crippen molar-refractivity contribution in [1.82, 2.24) is 15.0 Å². The Morgan fingerprint density at radius 3 is 2.41 bits per heavy atom. The molecule has 6 heteroatoms. The van der Waals surface area contributed by atoms with Crippen LogP contribution in [0, 0.1) is 11.8 Å². The van der Waals surface area contributed by atoms with E-state index < -0.39 is 0 Å². The first-order valence-corrected chi connectivity index (χ1v) is 6.36. The second-order valence-corrected chi connectivity index (χ2v) is 5.17. The topological polar surface area (TPSA) is 67.9 Å². The molecule has 0 bridgehead atoms. The number of hydrogen-bond acceptors (Lipinski definition) is 5. The number of piperidine rings is 1. The minimum absolute atomic E-state index is 0.165. The van der Waals surface area contributed by atoms with Gasteiger partial charge in [-0.1, -0.05) is 13.8 Å². The zero-order chi connectivity index (χ0) is 12.4. The highest BCUT2D eigenvalue weighted by atomic mass is 35.5. The van der Waals surface area contributed by atoms with E-state index in [0.29, 0.717) is 5.95 Å². The van der Waals surface area contributed by atoms with E-state index >= 15 is 0 Å². The van der Waals surface area contributed by atoms with Gasteiger partial charge in [0.2, 0.25) is 17.2 Å². The van der Waals surface area contributed by atoms with Crippen molar-refractivity contribution in [2.75, 3.05) is 23.7 Å². The summed E-state index contributed by atoms with van der Waals surface area (Å²) >= 11 is 5.78. The van der Waals surface area contributed by atoms with Gasteiger partial charge in [0.1, 0.15) is 0 Å². The van der Waals surface area contributed by atoms with E-state index in [1.165, 1.54) is 12.8 Å². The Kier molecular flexibility index (Phi) is 3.66. The fraction of sp³-hybridized carbons (Fsp3) is 0.727. The fourth-order valence-corrected chi connectivity index (χ4v) is 2.42. The molecule has 1 aliphatic heterocycles. The molecule has 1 aromatic rings. The molecule has 17 heavy (non-hydrogen) atoms. The molecule has 2 rings (SSSR count). The highest BCUT2D eigenvalue weighted by Gasteiger charge is 2.23. The molecule has 2 heterocycles. The third-order valence-electron chi connectivity index (χ3n) is 3.38. The lowest BCUT2D eigenvalue weighted by Crippen LogP contribution is -2.36. The van der Waals surface area contributed by atoms with Crippen LogP contribution in [0.5, 0.6) is 0 Å². The zero-order valence-electron chi connectivity index (χ0n) is 10.2. The summed E-state index contributed by atoms with van der Waals surface area (Å²) in [4.78, 5) is 14.1. The van der Waals surface area contributed by atoms with E-state index in [9.17, 15) is 0 Å². The highest BCUT2D eigenvalue weighted by molar-refractivity contribution is 6.28. The minimum atomic E-state index is 0.165.